The Labute approximate surface area is 267 Å². The molecule has 0 aliphatic heterocycles. The number of hydrogen-bond donors (Lipinski definition) is 1. The van der Waals surface area contributed by atoms with Crippen molar-refractivity contribution in [1.82, 2.24) is 10.2 Å². The van der Waals surface area contributed by atoms with Crippen LogP contribution in [0.3, 0.4) is 0 Å². The summed E-state index contributed by atoms with van der Waals surface area (Å²) in [6.45, 7) is 3.07. The molecule has 0 fully saturated rings. The number of carbonyl (C=O) groups is 2. The van der Waals surface area contributed by atoms with Gasteiger partial charge in [0.1, 0.15) is 17.7 Å². The summed E-state index contributed by atoms with van der Waals surface area (Å²) in [6.07, 6.45) is 2.36. The number of halogens is 2. The van der Waals surface area contributed by atoms with E-state index in [9.17, 15) is 23.6 Å². The van der Waals surface area contributed by atoms with Crippen molar-refractivity contribution in [2.75, 3.05) is 19.1 Å². The van der Waals surface area contributed by atoms with Crippen molar-refractivity contribution < 1.29 is 23.1 Å². The molecule has 4 aromatic rings. The van der Waals surface area contributed by atoms with Gasteiger partial charge in [-0.3, -0.25) is 9.69 Å². The molecule has 0 saturated carbocycles. The number of thioether (sulfide) groups is 1. The number of nitriles is 1. The third kappa shape index (κ3) is 9.24. The normalized spacial score (nSPS) is 11.6. The van der Waals surface area contributed by atoms with Gasteiger partial charge in [0.15, 0.2) is 0 Å². The van der Waals surface area contributed by atoms with Crippen LogP contribution < -0.4 is 5.32 Å². The second-order valence-corrected chi connectivity index (χ2v) is 11.7. The Bertz CT molecular complexity index is 1670. The summed E-state index contributed by atoms with van der Waals surface area (Å²) in [5.74, 6) is -1.51. The van der Waals surface area contributed by atoms with E-state index in [-0.39, 0.29) is 12.5 Å². The first-order valence-electron chi connectivity index (χ1n) is 14.4. The number of amides is 1. The molecule has 1 amide bonds. The van der Waals surface area contributed by atoms with Crippen LogP contribution in [0.15, 0.2) is 84.9 Å². The quantitative estimate of drug-likeness (QED) is 0.160. The molecule has 9 heteroatoms. The molecule has 232 valence electrons. The molecule has 4 rings (SSSR count). The summed E-state index contributed by atoms with van der Waals surface area (Å²) in [6, 6.07) is 25.3. The predicted molar refractivity (Wildman–Crippen MR) is 173 cm³/mol. The van der Waals surface area contributed by atoms with Crippen LogP contribution in [0.4, 0.5) is 8.78 Å². The van der Waals surface area contributed by atoms with Crippen molar-refractivity contribution in [3.63, 3.8) is 0 Å². The maximum absolute atomic E-state index is 14.1. The van der Waals surface area contributed by atoms with E-state index in [2.05, 4.69) is 11.4 Å². The molecule has 0 unspecified atom stereocenters. The summed E-state index contributed by atoms with van der Waals surface area (Å²) in [7, 11) is 1.30. The number of carbonyl (C=O) groups excluding carboxylic acids is 2. The van der Waals surface area contributed by atoms with Gasteiger partial charge in [0.2, 0.25) is 0 Å². The lowest BCUT2D eigenvalue weighted by Gasteiger charge is -2.24. The molecule has 0 aromatic heterocycles. The van der Waals surface area contributed by atoms with Crippen LogP contribution in [0, 0.1) is 29.9 Å². The highest BCUT2D eigenvalue weighted by molar-refractivity contribution is 7.98. The monoisotopic (exact) mass is 627 g/mol. The minimum atomic E-state index is -0.783. The van der Waals surface area contributed by atoms with Gasteiger partial charge in [0.05, 0.1) is 18.7 Å². The first-order valence-corrected chi connectivity index (χ1v) is 15.8. The molecule has 0 radical (unpaired) electrons. The van der Waals surface area contributed by atoms with Crippen LogP contribution in [0.1, 0.15) is 44.6 Å². The SMILES string of the molecule is COC(=O)[C@H](CCSC)NC(=O)c1ccc(CN(Cc2ccc(C#N)cc2)Cc2cc(F)cc(F)c2)cc1-c1ccccc1C. The van der Waals surface area contributed by atoms with E-state index in [1.54, 1.807) is 30.0 Å². The topological polar surface area (TPSA) is 82.4 Å². The van der Waals surface area contributed by atoms with Crippen LogP contribution in [0.5, 0.6) is 0 Å². The Morgan fingerprint density at radius 3 is 2.18 bits per heavy atom. The second kappa shape index (κ2) is 16.0. The molecule has 0 aliphatic rings. The standard InChI is InChI=1S/C36H35F2N3O3S/c1-24-6-4-5-7-31(24)33-18-27(12-13-32(33)35(42)40-34(14-15-45-3)36(43)44-2)22-41(21-26-10-8-25(20-39)9-11-26)23-28-16-29(37)19-30(38)17-28/h4-13,16-19,34H,14-15,21-23H2,1-3H3,(H,40,42)/t34-/m0/s1. The lowest BCUT2D eigenvalue weighted by molar-refractivity contribution is -0.142. The van der Waals surface area contributed by atoms with E-state index in [0.717, 1.165) is 28.3 Å². The Morgan fingerprint density at radius 2 is 1.53 bits per heavy atom. The Kier molecular flexibility index (Phi) is 11.9. The Morgan fingerprint density at radius 1 is 0.889 bits per heavy atom. The molecule has 0 heterocycles. The zero-order valence-electron chi connectivity index (χ0n) is 25.5. The van der Waals surface area contributed by atoms with Gasteiger partial charge >= 0.3 is 5.97 Å². The molecule has 1 N–H and O–H groups in total. The first kappa shape index (κ1) is 33.4. The highest BCUT2D eigenvalue weighted by Crippen LogP contribution is 2.29. The smallest absolute Gasteiger partial charge is 0.328 e. The summed E-state index contributed by atoms with van der Waals surface area (Å²) >= 11 is 1.57. The molecule has 0 spiro atoms. The van der Waals surface area contributed by atoms with Gasteiger partial charge in [-0.05, 0) is 95.1 Å². The van der Waals surface area contributed by atoms with Crippen molar-refractivity contribution in [2.45, 2.75) is 39.0 Å². The van der Waals surface area contributed by atoms with Crippen molar-refractivity contribution >= 4 is 23.6 Å². The molecule has 4 aromatic carbocycles. The minimum absolute atomic E-state index is 0.257. The lowest BCUT2D eigenvalue weighted by Crippen LogP contribution is -2.42. The van der Waals surface area contributed by atoms with Crippen LogP contribution in [-0.4, -0.2) is 41.9 Å². The minimum Gasteiger partial charge on any atom is -0.467 e. The molecular weight excluding hydrogens is 592 g/mol. The molecule has 0 bridgehead atoms. The average molecular weight is 628 g/mol. The maximum Gasteiger partial charge on any atom is 0.328 e. The fraction of sp³-hybridized carbons (Fsp3) is 0.250. The maximum atomic E-state index is 14.1. The van der Waals surface area contributed by atoms with E-state index < -0.39 is 23.6 Å². The number of hydrogen-bond acceptors (Lipinski definition) is 6. The van der Waals surface area contributed by atoms with Crippen LogP contribution in [0.2, 0.25) is 0 Å². The van der Waals surface area contributed by atoms with Crippen molar-refractivity contribution in [3.05, 3.63) is 130 Å². The average Bonchev–Trinajstić information content (AvgIpc) is 3.02. The zero-order valence-corrected chi connectivity index (χ0v) is 26.3. The van der Waals surface area contributed by atoms with Gasteiger partial charge in [-0.25, -0.2) is 13.6 Å². The third-order valence-corrected chi connectivity index (χ3v) is 8.03. The molecule has 0 aliphatic carbocycles. The van der Waals surface area contributed by atoms with Gasteiger partial charge in [-0.15, -0.1) is 0 Å². The Hall–Kier alpha value is -4.52. The molecule has 6 nitrogen and oxygen atoms in total. The van der Waals surface area contributed by atoms with Gasteiger partial charge in [-0.1, -0.05) is 42.5 Å². The van der Waals surface area contributed by atoms with Crippen molar-refractivity contribution in [3.8, 4) is 17.2 Å². The van der Waals surface area contributed by atoms with E-state index >= 15 is 0 Å². The highest BCUT2D eigenvalue weighted by atomic mass is 32.2. The van der Waals surface area contributed by atoms with Crippen LogP contribution in [0.25, 0.3) is 11.1 Å². The van der Waals surface area contributed by atoms with Gasteiger partial charge in [0.25, 0.3) is 5.91 Å². The fourth-order valence-electron chi connectivity index (χ4n) is 5.18. The van der Waals surface area contributed by atoms with E-state index in [1.807, 2.05) is 66.6 Å². The summed E-state index contributed by atoms with van der Waals surface area (Å²) in [4.78, 5) is 28.1. The third-order valence-electron chi connectivity index (χ3n) is 7.39. The molecule has 1 atom stereocenters. The van der Waals surface area contributed by atoms with E-state index in [4.69, 9.17) is 4.74 Å². The molecule has 0 saturated heterocycles. The van der Waals surface area contributed by atoms with Crippen molar-refractivity contribution in [1.29, 1.82) is 5.26 Å². The molecule has 45 heavy (non-hydrogen) atoms. The van der Waals surface area contributed by atoms with Crippen LogP contribution in [-0.2, 0) is 29.2 Å². The highest BCUT2D eigenvalue weighted by Gasteiger charge is 2.24. The number of methoxy groups -OCH3 is 1. The predicted octanol–water partition coefficient (Wildman–Crippen LogP) is 7.04. The number of nitrogens with zero attached hydrogens (tertiary/aromatic N) is 2. The first-order chi connectivity index (χ1) is 21.7. The lowest BCUT2D eigenvalue weighted by atomic mass is 9.93. The number of aryl methyl sites for hydroxylation is 1. The van der Waals surface area contributed by atoms with Gasteiger partial charge in [-0.2, -0.15) is 17.0 Å². The number of esters is 1. The number of ether oxygens (including phenoxy) is 1. The Balaban J connectivity index is 1.70. The number of nitrogens with one attached hydrogen (secondary N) is 1. The fourth-order valence-corrected chi connectivity index (χ4v) is 5.65. The van der Waals surface area contributed by atoms with Gasteiger partial charge < -0.3 is 10.1 Å². The van der Waals surface area contributed by atoms with Crippen LogP contribution >= 0.6 is 11.8 Å². The summed E-state index contributed by atoms with van der Waals surface area (Å²) in [5, 5.41) is 12.1. The second-order valence-electron chi connectivity index (χ2n) is 10.8. The van der Waals surface area contributed by atoms with E-state index in [1.165, 1.54) is 19.2 Å². The summed E-state index contributed by atoms with van der Waals surface area (Å²) < 4.78 is 33.1. The van der Waals surface area contributed by atoms with Gasteiger partial charge in [0, 0.05) is 31.3 Å². The molecular formula is C36H35F2N3O3S. The number of benzene rings is 4. The number of rotatable bonds is 13. The van der Waals surface area contributed by atoms with E-state index in [0.29, 0.717) is 47.5 Å². The zero-order chi connectivity index (χ0) is 32.3. The largest absolute Gasteiger partial charge is 0.467 e. The van der Waals surface area contributed by atoms with Crippen molar-refractivity contribution in [2.24, 2.45) is 0 Å². The summed E-state index contributed by atoms with van der Waals surface area (Å²) in [5.41, 5.74) is 5.79.